The van der Waals surface area contributed by atoms with Crippen LogP contribution in [0.3, 0.4) is 0 Å². The fourth-order valence-electron chi connectivity index (χ4n) is 2.76. The lowest BCUT2D eigenvalue weighted by Crippen LogP contribution is -2.47. The zero-order valence-corrected chi connectivity index (χ0v) is 17.2. The van der Waals surface area contributed by atoms with E-state index in [0.29, 0.717) is 12.8 Å². The van der Waals surface area contributed by atoms with Gasteiger partial charge in [-0.15, -0.1) is 12.4 Å². The van der Waals surface area contributed by atoms with Gasteiger partial charge in [0.15, 0.2) is 5.89 Å². The summed E-state index contributed by atoms with van der Waals surface area (Å²) in [7, 11) is 0. The second-order valence-electron chi connectivity index (χ2n) is 6.93. The minimum absolute atomic E-state index is 0. The van der Waals surface area contributed by atoms with Gasteiger partial charge in [-0.2, -0.15) is 0 Å². The van der Waals surface area contributed by atoms with Crippen molar-refractivity contribution in [1.82, 2.24) is 4.98 Å². The molecule has 3 rings (SSSR count). The molecule has 3 aromatic rings. The number of hydrogen-bond donors (Lipinski definition) is 3. The lowest BCUT2D eigenvalue weighted by atomic mass is 9.94. The van der Waals surface area contributed by atoms with Gasteiger partial charge in [-0.1, -0.05) is 19.1 Å². The third-order valence-electron chi connectivity index (χ3n) is 4.70. The number of aromatic nitrogens is 1. The summed E-state index contributed by atoms with van der Waals surface area (Å²) < 4.78 is 11.3. The van der Waals surface area contributed by atoms with E-state index >= 15 is 0 Å². The normalized spacial score (nSPS) is 11.2. The molecular weight excluding hydrogens is 392 g/mol. The Hall–Kier alpha value is -2.38. The van der Waals surface area contributed by atoms with E-state index in [9.17, 15) is 10.2 Å². The second kappa shape index (κ2) is 10.4. The molecule has 29 heavy (non-hydrogen) atoms. The quantitative estimate of drug-likeness (QED) is 0.489. The van der Waals surface area contributed by atoms with Crippen molar-refractivity contribution in [3.8, 4) is 22.8 Å². The molecule has 0 bridgehead atoms. The molecule has 0 aliphatic carbocycles. The van der Waals surface area contributed by atoms with Crippen LogP contribution >= 0.6 is 12.4 Å². The van der Waals surface area contributed by atoms with Crippen LogP contribution in [-0.2, 0) is 12.8 Å². The first-order valence-electron chi connectivity index (χ1n) is 9.37. The number of aryl methyl sites for hydroxylation is 2. The highest BCUT2D eigenvalue weighted by atomic mass is 35.5. The molecule has 0 radical (unpaired) electrons. The zero-order chi connectivity index (χ0) is 20.0. The number of nitrogens with two attached hydrogens (primary N) is 1. The third-order valence-corrected chi connectivity index (χ3v) is 4.70. The van der Waals surface area contributed by atoms with Crippen LogP contribution in [0.15, 0.2) is 59.2 Å². The van der Waals surface area contributed by atoms with Crippen molar-refractivity contribution in [2.24, 2.45) is 5.73 Å². The van der Waals surface area contributed by atoms with E-state index in [1.807, 2.05) is 55.5 Å². The van der Waals surface area contributed by atoms with Gasteiger partial charge in [-0.05, 0) is 54.8 Å². The Kier molecular flexibility index (Phi) is 8.22. The predicted molar refractivity (Wildman–Crippen MR) is 114 cm³/mol. The van der Waals surface area contributed by atoms with E-state index in [-0.39, 0.29) is 25.6 Å². The third kappa shape index (κ3) is 6.05. The number of nitrogens with zero attached hydrogens (tertiary/aromatic N) is 1. The Morgan fingerprint density at radius 2 is 1.59 bits per heavy atom. The van der Waals surface area contributed by atoms with Crippen molar-refractivity contribution in [3.05, 3.63) is 66.2 Å². The summed E-state index contributed by atoms with van der Waals surface area (Å²) in [5.74, 6) is 2.19. The minimum atomic E-state index is -0.946. The number of benzene rings is 2. The summed E-state index contributed by atoms with van der Waals surface area (Å²) in [6.45, 7) is 1.52. The zero-order valence-electron chi connectivity index (χ0n) is 16.4. The van der Waals surface area contributed by atoms with Crippen LogP contribution in [0.25, 0.3) is 11.3 Å². The van der Waals surface area contributed by atoms with Crippen LogP contribution in [0.2, 0.25) is 0 Å². The highest BCUT2D eigenvalue weighted by molar-refractivity contribution is 5.85. The van der Waals surface area contributed by atoms with Crippen LogP contribution in [-0.4, -0.2) is 33.9 Å². The summed E-state index contributed by atoms with van der Waals surface area (Å²) in [6, 6.07) is 15.4. The number of hydrogen-bond acceptors (Lipinski definition) is 6. The van der Waals surface area contributed by atoms with Crippen LogP contribution in [0.1, 0.15) is 24.8 Å². The first kappa shape index (κ1) is 22.9. The molecule has 4 N–H and O–H groups in total. The monoisotopic (exact) mass is 418 g/mol. The summed E-state index contributed by atoms with van der Waals surface area (Å²) in [5, 5.41) is 18.5. The summed E-state index contributed by atoms with van der Waals surface area (Å²) >= 11 is 0. The molecule has 0 fully saturated rings. The molecule has 0 amide bonds. The molecule has 2 aromatic carbocycles. The Labute approximate surface area is 176 Å². The van der Waals surface area contributed by atoms with Gasteiger partial charge in [0.05, 0.1) is 18.8 Å². The van der Waals surface area contributed by atoms with E-state index in [4.69, 9.17) is 14.9 Å². The molecule has 0 spiro atoms. The smallest absolute Gasteiger partial charge is 0.194 e. The molecule has 0 saturated carbocycles. The molecular formula is C22H27ClN2O4. The van der Waals surface area contributed by atoms with Crippen LogP contribution in [0.4, 0.5) is 0 Å². The lowest BCUT2D eigenvalue weighted by molar-refractivity contribution is 0.115. The molecule has 7 heteroatoms. The molecule has 0 saturated heterocycles. The van der Waals surface area contributed by atoms with E-state index in [2.05, 4.69) is 4.98 Å². The number of ether oxygens (including phenoxy) is 1. The van der Waals surface area contributed by atoms with Gasteiger partial charge >= 0.3 is 0 Å². The van der Waals surface area contributed by atoms with E-state index in [1.54, 1.807) is 6.26 Å². The maximum absolute atomic E-state index is 9.26. The van der Waals surface area contributed by atoms with Crippen molar-refractivity contribution < 1.29 is 19.4 Å². The van der Waals surface area contributed by atoms with Gasteiger partial charge < -0.3 is 25.1 Å². The SMILES string of the molecule is CCc1nc(-c2ccc(Oc3ccc(CCC(N)(CO)CO)cc3)cc2)co1.Cl. The average molecular weight is 419 g/mol. The molecule has 6 nitrogen and oxygen atoms in total. The fraction of sp³-hybridized carbons (Fsp3) is 0.318. The Bertz CT molecular complexity index is 875. The number of rotatable bonds is 9. The first-order valence-corrected chi connectivity index (χ1v) is 9.37. The van der Waals surface area contributed by atoms with Gasteiger partial charge in [-0.3, -0.25) is 0 Å². The topological polar surface area (TPSA) is 102 Å². The highest BCUT2D eigenvalue weighted by Crippen LogP contribution is 2.26. The van der Waals surface area contributed by atoms with Crippen molar-refractivity contribution in [1.29, 1.82) is 0 Å². The molecule has 1 aromatic heterocycles. The van der Waals surface area contributed by atoms with Gasteiger partial charge in [-0.25, -0.2) is 4.98 Å². The molecule has 0 aliphatic rings. The maximum Gasteiger partial charge on any atom is 0.194 e. The number of halogens is 1. The largest absolute Gasteiger partial charge is 0.457 e. The number of aliphatic hydroxyl groups excluding tert-OH is 2. The van der Waals surface area contributed by atoms with Crippen molar-refractivity contribution in [2.75, 3.05) is 13.2 Å². The minimum Gasteiger partial charge on any atom is -0.457 e. The van der Waals surface area contributed by atoms with Gasteiger partial charge in [0.25, 0.3) is 0 Å². The molecule has 156 valence electrons. The van der Waals surface area contributed by atoms with Crippen LogP contribution in [0.5, 0.6) is 11.5 Å². The number of aliphatic hydroxyl groups is 2. The second-order valence-corrected chi connectivity index (χ2v) is 6.93. The van der Waals surface area contributed by atoms with Gasteiger partial charge in [0.2, 0.25) is 0 Å². The highest BCUT2D eigenvalue weighted by Gasteiger charge is 2.22. The molecule has 1 heterocycles. The van der Waals surface area contributed by atoms with E-state index in [1.165, 1.54) is 0 Å². The van der Waals surface area contributed by atoms with E-state index in [0.717, 1.165) is 40.6 Å². The standard InChI is InChI=1S/C22H26N2O4.ClH/c1-2-21-24-20(13-27-21)17-5-9-19(10-6-17)28-18-7-3-16(4-8-18)11-12-22(23,14-25)15-26;/h3-10,13,25-26H,2,11-12,14-15,23H2,1H3;1H. The summed E-state index contributed by atoms with van der Waals surface area (Å²) in [6.07, 6.45) is 3.61. The van der Waals surface area contributed by atoms with Crippen molar-refractivity contribution >= 4 is 12.4 Å². The van der Waals surface area contributed by atoms with E-state index < -0.39 is 5.54 Å². The Balaban J connectivity index is 0.00000300. The summed E-state index contributed by atoms with van der Waals surface area (Å²) in [4.78, 5) is 4.42. The predicted octanol–water partition coefficient (Wildman–Crippen LogP) is 3.73. The molecule has 0 atom stereocenters. The summed E-state index contributed by atoms with van der Waals surface area (Å²) in [5.41, 5.74) is 7.82. The average Bonchev–Trinajstić information content (AvgIpc) is 3.23. The number of oxazole rings is 1. The maximum atomic E-state index is 9.26. The Morgan fingerprint density at radius 3 is 2.10 bits per heavy atom. The lowest BCUT2D eigenvalue weighted by Gasteiger charge is -2.24. The van der Waals surface area contributed by atoms with Crippen molar-refractivity contribution in [2.45, 2.75) is 31.7 Å². The fourth-order valence-corrected chi connectivity index (χ4v) is 2.76. The van der Waals surface area contributed by atoms with Gasteiger partial charge in [0, 0.05) is 12.0 Å². The van der Waals surface area contributed by atoms with Crippen LogP contribution in [0, 0.1) is 0 Å². The molecule has 0 aliphatic heterocycles. The van der Waals surface area contributed by atoms with Gasteiger partial charge in [0.1, 0.15) is 23.5 Å². The Morgan fingerprint density at radius 1 is 1.00 bits per heavy atom. The molecule has 0 unspecified atom stereocenters. The first-order chi connectivity index (χ1) is 13.5. The van der Waals surface area contributed by atoms with Crippen LogP contribution < -0.4 is 10.5 Å². The van der Waals surface area contributed by atoms with Crippen molar-refractivity contribution in [3.63, 3.8) is 0 Å².